The molecule has 1 heterocycles. The number of nitrogens with zero attached hydrogens (tertiary/aromatic N) is 2. The van der Waals surface area contributed by atoms with Crippen LogP contribution in [-0.4, -0.2) is 20.7 Å². The molecule has 0 spiro atoms. The zero-order valence-electron chi connectivity index (χ0n) is 14.1. The average Bonchev–Trinajstić information content (AvgIpc) is 3.06. The number of hydrogen-bond donors (Lipinski definition) is 2. The van der Waals surface area contributed by atoms with E-state index in [4.69, 9.17) is 23.8 Å². The van der Waals surface area contributed by atoms with E-state index in [1.807, 2.05) is 60.7 Å². The molecule has 2 N–H and O–H groups in total. The molecule has 0 atom stereocenters. The molecule has 134 valence electrons. The fourth-order valence-electron chi connectivity index (χ4n) is 3.01. The summed E-state index contributed by atoms with van der Waals surface area (Å²) in [5, 5.41) is 12.4. The number of carbonyl (C=O) groups excluding carboxylic acids is 1. The van der Waals surface area contributed by atoms with Crippen LogP contribution in [0.3, 0.4) is 0 Å². The number of nitrogens with one attached hydrogen (secondary N) is 2. The Morgan fingerprint density at radius 2 is 1.81 bits per heavy atom. The summed E-state index contributed by atoms with van der Waals surface area (Å²) in [6, 6.07) is 20.8. The molecular formula is C20H15ClN4OS. The third-order valence-corrected chi connectivity index (χ3v) is 4.87. The molecule has 0 radical (unpaired) electrons. The zero-order chi connectivity index (χ0) is 18.8. The summed E-state index contributed by atoms with van der Waals surface area (Å²) in [4.78, 5) is 12.7. The molecule has 0 saturated carbocycles. The quantitative estimate of drug-likeness (QED) is 0.494. The molecular weight excluding hydrogens is 380 g/mol. The topological polar surface area (TPSA) is 62.7 Å². The highest BCUT2D eigenvalue weighted by Gasteiger charge is 2.14. The summed E-state index contributed by atoms with van der Waals surface area (Å²) >= 11 is 11.6. The third kappa shape index (κ3) is 3.37. The van der Waals surface area contributed by atoms with Crippen LogP contribution >= 0.6 is 23.8 Å². The van der Waals surface area contributed by atoms with Gasteiger partial charge in [-0.25, -0.2) is 0 Å². The smallest absolute Gasteiger partial charge is 0.252 e. The number of para-hydroxylation sites is 1. The van der Waals surface area contributed by atoms with Gasteiger partial charge in [0.1, 0.15) is 0 Å². The van der Waals surface area contributed by atoms with Crippen LogP contribution < -0.4 is 5.32 Å². The van der Waals surface area contributed by atoms with Crippen molar-refractivity contribution in [1.82, 2.24) is 20.1 Å². The van der Waals surface area contributed by atoms with Gasteiger partial charge in [0.05, 0.1) is 17.3 Å². The minimum atomic E-state index is -0.175. The molecule has 4 aromatic rings. The van der Waals surface area contributed by atoms with E-state index in [2.05, 4.69) is 15.5 Å². The minimum absolute atomic E-state index is 0.175. The van der Waals surface area contributed by atoms with Crippen LogP contribution in [0.1, 0.15) is 16.2 Å². The maximum Gasteiger partial charge on any atom is 0.252 e. The first kappa shape index (κ1) is 17.5. The van der Waals surface area contributed by atoms with E-state index in [0.717, 1.165) is 10.8 Å². The molecule has 0 bridgehead atoms. The summed E-state index contributed by atoms with van der Waals surface area (Å²) in [6.45, 7) is 0.209. The lowest BCUT2D eigenvalue weighted by molar-refractivity contribution is 0.0951. The Morgan fingerprint density at radius 3 is 2.67 bits per heavy atom. The van der Waals surface area contributed by atoms with Crippen LogP contribution in [0.5, 0.6) is 0 Å². The number of amides is 1. The van der Waals surface area contributed by atoms with Gasteiger partial charge in [-0.2, -0.15) is 5.10 Å². The Morgan fingerprint density at radius 1 is 1.07 bits per heavy atom. The van der Waals surface area contributed by atoms with E-state index in [-0.39, 0.29) is 12.5 Å². The molecule has 0 unspecified atom stereocenters. The normalized spacial score (nSPS) is 10.9. The van der Waals surface area contributed by atoms with E-state index in [9.17, 15) is 4.79 Å². The van der Waals surface area contributed by atoms with Crippen molar-refractivity contribution in [1.29, 1.82) is 0 Å². The van der Waals surface area contributed by atoms with Crippen LogP contribution in [0.4, 0.5) is 0 Å². The van der Waals surface area contributed by atoms with Gasteiger partial charge in [-0.1, -0.05) is 60.1 Å². The summed E-state index contributed by atoms with van der Waals surface area (Å²) in [7, 11) is 0. The molecule has 0 aliphatic carbocycles. The number of hydrogen-bond acceptors (Lipinski definition) is 3. The molecule has 7 heteroatoms. The van der Waals surface area contributed by atoms with Crippen molar-refractivity contribution in [3.8, 4) is 5.69 Å². The molecule has 4 rings (SSSR count). The molecule has 5 nitrogen and oxygen atoms in total. The molecule has 3 aromatic carbocycles. The largest absolute Gasteiger partial charge is 0.345 e. The maximum absolute atomic E-state index is 12.7. The number of H-pyrrole nitrogens is 1. The van der Waals surface area contributed by atoms with E-state index in [0.29, 0.717) is 26.9 Å². The number of rotatable bonds is 4. The first-order valence-corrected chi connectivity index (χ1v) is 9.11. The second kappa shape index (κ2) is 7.34. The Bertz CT molecular complexity index is 1190. The maximum atomic E-state index is 12.7. The first-order chi connectivity index (χ1) is 13.1. The summed E-state index contributed by atoms with van der Waals surface area (Å²) in [5.74, 6) is 0.396. The van der Waals surface area contributed by atoms with Crippen LogP contribution in [-0.2, 0) is 6.54 Å². The first-order valence-electron chi connectivity index (χ1n) is 8.32. The van der Waals surface area contributed by atoms with Crippen LogP contribution in [0.25, 0.3) is 16.5 Å². The molecule has 1 aromatic heterocycles. The molecule has 0 aliphatic rings. The molecule has 0 aliphatic heterocycles. The lowest BCUT2D eigenvalue weighted by Crippen LogP contribution is -2.24. The lowest BCUT2D eigenvalue weighted by atomic mass is 10.0. The van der Waals surface area contributed by atoms with Gasteiger partial charge in [-0.05, 0) is 41.2 Å². The van der Waals surface area contributed by atoms with Crippen LogP contribution in [0.15, 0.2) is 66.7 Å². The van der Waals surface area contributed by atoms with Gasteiger partial charge in [0.2, 0.25) is 0 Å². The van der Waals surface area contributed by atoms with Gasteiger partial charge in [0.25, 0.3) is 5.91 Å². The highest BCUT2D eigenvalue weighted by atomic mass is 35.5. The van der Waals surface area contributed by atoms with Crippen molar-refractivity contribution in [2.75, 3.05) is 0 Å². The second-order valence-corrected chi connectivity index (χ2v) is 6.74. The lowest BCUT2D eigenvalue weighted by Gasteiger charge is -2.10. The summed E-state index contributed by atoms with van der Waals surface area (Å²) in [5.41, 5.74) is 1.33. The fourth-order valence-corrected chi connectivity index (χ4v) is 3.48. The summed E-state index contributed by atoms with van der Waals surface area (Å²) in [6.07, 6.45) is 0. The van der Waals surface area contributed by atoms with E-state index >= 15 is 0 Å². The number of halogens is 1. The van der Waals surface area contributed by atoms with Crippen molar-refractivity contribution < 1.29 is 4.79 Å². The van der Waals surface area contributed by atoms with Gasteiger partial charge in [-0.3, -0.25) is 14.5 Å². The van der Waals surface area contributed by atoms with E-state index in [1.165, 1.54) is 0 Å². The predicted octanol–water partition coefficient (Wildman–Crippen LogP) is 4.67. The Hall–Kier alpha value is -2.96. The minimum Gasteiger partial charge on any atom is -0.345 e. The fraction of sp³-hybridized carbons (Fsp3) is 0.0500. The van der Waals surface area contributed by atoms with Gasteiger partial charge >= 0.3 is 0 Å². The predicted molar refractivity (Wildman–Crippen MR) is 109 cm³/mol. The number of carbonyl (C=O) groups is 1. The van der Waals surface area contributed by atoms with E-state index < -0.39 is 0 Å². The number of aromatic amines is 1. The Kier molecular flexibility index (Phi) is 4.75. The zero-order valence-corrected chi connectivity index (χ0v) is 15.7. The van der Waals surface area contributed by atoms with Crippen LogP contribution in [0.2, 0.25) is 5.02 Å². The van der Waals surface area contributed by atoms with Crippen molar-refractivity contribution in [3.05, 3.63) is 87.9 Å². The van der Waals surface area contributed by atoms with E-state index in [1.54, 1.807) is 10.6 Å². The highest BCUT2D eigenvalue weighted by Crippen LogP contribution is 2.22. The number of aromatic nitrogens is 3. The third-order valence-electron chi connectivity index (χ3n) is 4.28. The second-order valence-electron chi connectivity index (χ2n) is 5.94. The molecule has 1 amide bonds. The van der Waals surface area contributed by atoms with Crippen LogP contribution in [0, 0.1) is 4.77 Å². The number of fused-ring (bicyclic) bond motifs is 1. The van der Waals surface area contributed by atoms with Gasteiger partial charge in [0.15, 0.2) is 10.6 Å². The summed E-state index contributed by atoms with van der Waals surface area (Å²) < 4.78 is 2.14. The van der Waals surface area contributed by atoms with Crippen molar-refractivity contribution in [3.63, 3.8) is 0 Å². The van der Waals surface area contributed by atoms with Crippen molar-refractivity contribution >= 4 is 40.5 Å². The number of benzene rings is 3. The molecule has 0 fully saturated rings. The highest BCUT2D eigenvalue weighted by molar-refractivity contribution is 7.71. The van der Waals surface area contributed by atoms with Crippen molar-refractivity contribution in [2.24, 2.45) is 0 Å². The van der Waals surface area contributed by atoms with Crippen molar-refractivity contribution in [2.45, 2.75) is 6.54 Å². The Balaban J connectivity index is 1.62. The molecule has 27 heavy (non-hydrogen) atoms. The monoisotopic (exact) mass is 394 g/mol. The average molecular weight is 395 g/mol. The Labute approximate surface area is 165 Å². The standard InChI is InChI=1S/C20H15ClN4OS/c21-16-10-3-4-11-17(16)25-18(23-24-20(25)27)12-22-19(26)15-9-5-7-13-6-1-2-8-14(13)15/h1-11H,12H2,(H,22,26)(H,24,27). The van der Waals surface area contributed by atoms with Gasteiger partial charge in [-0.15, -0.1) is 0 Å². The van der Waals surface area contributed by atoms with Gasteiger partial charge in [0, 0.05) is 5.56 Å². The molecule has 0 saturated heterocycles. The van der Waals surface area contributed by atoms with Gasteiger partial charge < -0.3 is 5.32 Å². The SMILES string of the molecule is O=C(NCc1n[nH]c(=S)n1-c1ccccc1Cl)c1cccc2ccccc12.